The van der Waals surface area contributed by atoms with Gasteiger partial charge in [0.15, 0.2) is 0 Å². The lowest BCUT2D eigenvalue weighted by atomic mass is 9.79. The van der Waals surface area contributed by atoms with Crippen LogP contribution in [-0.4, -0.2) is 23.2 Å². The molecule has 0 aromatic carbocycles. The molecular formula is C14H25NO2. The average molecular weight is 239 g/mol. The highest BCUT2D eigenvalue weighted by Crippen LogP contribution is 2.30. The maximum absolute atomic E-state index is 12.1. The Bertz CT molecular complexity index is 279. The van der Waals surface area contributed by atoms with Crippen LogP contribution < -0.4 is 5.32 Å². The fourth-order valence-electron chi connectivity index (χ4n) is 3.42. The van der Waals surface area contributed by atoms with E-state index >= 15 is 0 Å². The van der Waals surface area contributed by atoms with Crippen LogP contribution in [0.2, 0.25) is 0 Å². The standard InChI is InChI=1S/C14H25NO2/c1-9-6-7-12(10(2)8-9)15-14(17)11-4-3-5-13(11)16/h9-13,16H,3-8H2,1-2H3,(H,15,17). The van der Waals surface area contributed by atoms with Gasteiger partial charge in [0.2, 0.25) is 5.91 Å². The Morgan fingerprint density at radius 1 is 1.18 bits per heavy atom. The molecule has 2 N–H and O–H groups in total. The molecule has 2 aliphatic carbocycles. The van der Waals surface area contributed by atoms with Gasteiger partial charge >= 0.3 is 0 Å². The van der Waals surface area contributed by atoms with E-state index < -0.39 is 6.10 Å². The van der Waals surface area contributed by atoms with Crippen LogP contribution in [0.15, 0.2) is 0 Å². The Balaban J connectivity index is 1.86. The summed E-state index contributed by atoms with van der Waals surface area (Å²) in [5, 5.41) is 12.9. The van der Waals surface area contributed by atoms with Gasteiger partial charge in [0.25, 0.3) is 0 Å². The first-order valence-corrected chi connectivity index (χ1v) is 7.06. The zero-order chi connectivity index (χ0) is 12.4. The SMILES string of the molecule is CC1CCC(NC(=O)C2CCCC2O)C(C)C1. The van der Waals surface area contributed by atoms with E-state index in [1.54, 1.807) is 0 Å². The number of hydrogen-bond donors (Lipinski definition) is 2. The molecule has 98 valence electrons. The van der Waals surface area contributed by atoms with Crippen molar-refractivity contribution >= 4 is 5.91 Å². The first-order chi connectivity index (χ1) is 8.08. The lowest BCUT2D eigenvalue weighted by Gasteiger charge is -2.34. The molecule has 0 bridgehead atoms. The second-order valence-electron chi connectivity index (χ2n) is 6.12. The molecule has 0 radical (unpaired) electrons. The summed E-state index contributed by atoms with van der Waals surface area (Å²) in [5.41, 5.74) is 0. The molecular weight excluding hydrogens is 214 g/mol. The fourth-order valence-corrected chi connectivity index (χ4v) is 3.42. The molecule has 17 heavy (non-hydrogen) atoms. The number of aliphatic hydroxyl groups is 1. The zero-order valence-electron chi connectivity index (χ0n) is 11.0. The molecule has 2 aliphatic rings. The summed E-state index contributed by atoms with van der Waals surface area (Å²) >= 11 is 0. The zero-order valence-corrected chi connectivity index (χ0v) is 11.0. The van der Waals surface area contributed by atoms with E-state index in [2.05, 4.69) is 19.2 Å². The summed E-state index contributed by atoms with van der Waals surface area (Å²) in [6, 6.07) is 0.325. The van der Waals surface area contributed by atoms with E-state index in [1.165, 1.54) is 12.8 Å². The predicted octanol–water partition coefficient (Wildman–Crippen LogP) is 2.09. The summed E-state index contributed by atoms with van der Waals surface area (Å²) in [7, 11) is 0. The molecule has 3 nitrogen and oxygen atoms in total. The monoisotopic (exact) mass is 239 g/mol. The van der Waals surface area contributed by atoms with Gasteiger partial charge in [-0.2, -0.15) is 0 Å². The lowest BCUT2D eigenvalue weighted by Crippen LogP contribution is -2.46. The van der Waals surface area contributed by atoms with Crippen LogP contribution in [0.1, 0.15) is 52.4 Å². The first-order valence-electron chi connectivity index (χ1n) is 7.06. The molecule has 2 rings (SSSR count). The molecule has 3 heteroatoms. The minimum Gasteiger partial charge on any atom is -0.392 e. The number of amides is 1. The maximum Gasteiger partial charge on any atom is 0.225 e. The molecule has 0 aliphatic heterocycles. The second-order valence-corrected chi connectivity index (χ2v) is 6.12. The van der Waals surface area contributed by atoms with Gasteiger partial charge in [0, 0.05) is 6.04 Å². The third kappa shape index (κ3) is 3.01. The molecule has 1 amide bonds. The van der Waals surface area contributed by atoms with E-state index in [9.17, 15) is 9.90 Å². The van der Waals surface area contributed by atoms with Crippen LogP contribution in [0.25, 0.3) is 0 Å². The topological polar surface area (TPSA) is 49.3 Å². The van der Waals surface area contributed by atoms with Gasteiger partial charge in [-0.05, 0) is 50.4 Å². The van der Waals surface area contributed by atoms with Crippen molar-refractivity contribution in [1.82, 2.24) is 5.32 Å². The Kier molecular flexibility index (Phi) is 4.08. The minimum absolute atomic E-state index is 0.0846. The van der Waals surface area contributed by atoms with Crippen molar-refractivity contribution in [2.24, 2.45) is 17.8 Å². The van der Waals surface area contributed by atoms with E-state index in [4.69, 9.17) is 0 Å². The van der Waals surface area contributed by atoms with Gasteiger partial charge in [0.1, 0.15) is 0 Å². The Morgan fingerprint density at radius 2 is 1.94 bits per heavy atom. The predicted molar refractivity (Wildman–Crippen MR) is 67.5 cm³/mol. The van der Waals surface area contributed by atoms with Gasteiger partial charge in [-0.15, -0.1) is 0 Å². The summed E-state index contributed by atoms with van der Waals surface area (Å²) in [4.78, 5) is 12.1. The number of nitrogens with one attached hydrogen (secondary N) is 1. The van der Waals surface area contributed by atoms with E-state index in [0.29, 0.717) is 12.0 Å². The van der Waals surface area contributed by atoms with Gasteiger partial charge < -0.3 is 10.4 Å². The largest absolute Gasteiger partial charge is 0.392 e. The average Bonchev–Trinajstić information content (AvgIpc) is 2.68. The summed E-state index contributed by atoms with van der Waals surface area (Å²) in [5.74, 6) is 1.29. The van der Waals surface area contributed by atoms with Crippen LogP contribution >= 0.6 is 0 Å². The number of carbonyl (C=O) groups excluding carboxylic acids is 1. The van der Waals surface area contributed by atoms with Gasteiger partial charge in [-0.25, -0.2) is 0 Å². The van der Waals surface area contributed by atoms with Crippen molar-refractivity contribution in [2.45, 2.75) is 64.5 Å². The quantitative estimate of drug-likeness (QED) is 0.775. The molecule has 0 spiro atoms. The molecule has 5 atom stereocenters. The van der Waals surface area contributed by atoms with E-state index in [0.717, 1.165) is 31.6 Å². The third-order valence-corrected chi connectivity index (χ3v) is 4.58. The number of carbonyl (C=O) groups is 1. The van der Waals surface area contributed by atoms with Crippen LogP contribution in [0.5, 0.6) is 0 Å². The van der Waals surface area contributed by atoms with Crippen molar-refractivity contribution in [3.63, 3.8) is 0 Å². The molecule has 5 unspecified atom stereocenters. The van der Waals surface area contributed by atoms with E-state index in [-0.39, 0.29) is 11.8 Å². The lowest BCUT2D eigenvalue weighted by molar-refractivity contribution is -0.128. The Hall–Kier alpha value is -0.570. The van der Waals surface area contributed by atoms with Crippen molar-refractivity contribution in [2.75, 3.05) is 0 Å². The van der Waals surface area contributed by atoms with Crippen molar-refractivity contribution in [3.8, 4) is 0 Å². The van der Waals surface area contributed by atoms with Crippen molar-refractivity contribution in [3.05, 3.63) is 0 Å². The minimum atomic E-state index is -0.409. The van der Waals surface area contributed by atoms with Crippen LogP contribution in [0.4, 0.5) is 0 Å². The first kappa shape index (κ1) is 12.9. The maximum atomic E-state index is 12.1. The fraction of sp³-hybridized carbons (Fsp3) is 0.929. The summed E-state index contributed by atoms with van der Waals surface area (Å²) in [6.45, 7) is 4.51. The van der Waals surface area contributed by atoms with Gasteiger partial charge in [-0.1, -0.05) is 13.8 Å². The van der Waals surface area contributed by atoms with Crippen molar-refractivity contribution in [1.29, 1.82) is 0 Å². The smallest absolute Gasteiger partial charge is 0.225 e. The molecule has 0 aromatic rings. The highest BCUT2D eigenvalue weighted by molar-refractivity contribution is 5.79. The Morgan fingerprint density at radius 3 is 2.53 bits per heavy atom. The second kappa shape index (κ2) is 5.38. The van der Waals surface area contributed by atoms with Crippen molar-refractivity contribution < 1.29 is 9.90 Å². The number of rotatable bonds is 2. The summed E-state index contributed by atoms with van der Waals surface area (Å²) in [6.07, 6.45) is 5.72. The third-order valence-electron chi connectivity index (χ3n) is 4.58. The molecule has 0 heterocycles. The van der Waals surface area contributed by atoms with Crippen LogP contribution in [0.3, 0.4) is 0 Å². The summed E-state index contributed by atoms with van der Waals surface area (Å²) < 4.78 is 0. The normalized spacial score (nSPS) is 42.4. The highest BCUT2D eigenvalue weighted by atomic mass is 16.3. The van der Waals surface area contributed by atoms with Gasteiger partial charge in [-0.3, -0.25) is 4.79 Å². The molecule has 2 fully saturated rings. The highest BCUT2D eigenvalue weighted by Gasteiger charge is 2.34. The van der Waals surface area contributed by atoms with Crippen LogP contribution in [0, 0.1) is 17.8 Å². The number of hydrogen-bond acceptors (Lipinski definition) is 2. The molecule has 0 saturated heterocycles. The van der Waals surface area contributed by atoms with Gasteiger partial charge in [0.05, 0.1) is 12.0 Å². The number of aliphatic hydroxyl groups excluding tert-OH is 1. The molecule has 2 saturated carbocycles. The van der Waals surface area contributed by atoms with E-state index in [1.807, 2.05) is 0 Å². The van der Waals surface area contributed by atoms with Crippen LogP contribution in [-0.2, 0) is 4.79 Å². The molecule has 0 aromatic heterocycles. The Labute approximate surface area is 104 Å².